The molecule has 0 saturated heterocycles. The zero-order valence-corrected chi connectivity index (χ0v) is 10.8. The largest absolute Gasteiger partial charge is 0.330 e. The first-order chi connectivity index (χ1) is 6.37. The highest BCUT2D eigenvalue weighted by atomic mass is 32.2. The van der Waals surface area contributed by atoms with Gasteiger partial charge in [-0.2, -0.15) is 0 Å². The first-order valence-electron chi connectivity index (χ1n) is 5.42. The molecule has 0 amide bonds. The Labute approximate surface area is 91.1 Å². The van der Waals surface area contributed by atoms with E-state index in [1.54, 1.807) is 0 Å². The topological polar surface area (TPSA) is 43.1 Å². The van der Waals surface area contributed by atoms with Gasteiger partial charge >= 0.3 is 0 Å². The third-order valence-corrected chi connectivity index (χ3v) is 4.08. The molecule has 3 heteroatoms. The van der Waals surface area contributed by atoms with Crippen molar-refractivity contribution in [2.24, 2.45) is 17.1 Å². The van der Waals surface area contributed by atoms with Crippen LogP contribution in [0.4, 0.5) is 0 Å². The fourth-order valence-electron chi connectivity index (χ4n) is 1.27. The van der Waals surface area contributed by atoms with Crippen molar-refractivity contribution in [2.75, 3.05) is 18.1 Å². The first-order valence-corrected chi connectivity index (χ1v) is 6.91. The van der Waals surface area contributed by atoms with Crippen LogP contribution < -0.4 is 5.73 Å². The van der Waals surface area contributed by atoms with Gasteiger partial charge in [-0.3, -0.25) is 4.21 Å². The highest BCUT2D eigenvalue weighted by molar-refractivity contribution is 7.84. The van der Waals surface area contributed by atoms with Crippen molar-refractivity contribution in [3.05, 3.63) is 0 Å². The fraction of sp³-hybridized carbons (Fsp3) is 1.00. The Bertz CT molecular complexity index is 178. The van der Waals surface area contributed by atoms with Gasteiger partial charge in [-0.15, -0.1) is 0 Å². The molecule has 0 aliphatic rings. The fourth-order valence-corrected chi connectivity index (χ4v) is 2.65. The van der Waals surface area contributed by atoms with Gasteiger partial charge < -0.3 is 5.73 Å². The van der Waals surface area contributed by atoms with Crippen molar-refractivity contribution in [2.45, 2.75) is 40.5 Å². The van der Waals surface area contributed by atoms with Crippen molar-refractivity contribution < 1.29 is 4.21 Å². The van der Waals surface area contributed by atoms with E-state index in [1.807, 2.05) is 0 Å². The van der Waals surface area contributed by atoms with E-state index in [0.29, 0.717) is 12.5 Å². The van der Waals surface area contributed by atoms with Crippen LogP contribution in [0.15, 0.2) is 0 Å². The van der Waals surface area contributed by atoms with E-state index in [2.05, 4.69) is 27.7 Å². The van der Waals surface area contributed by atoms with Gasteiger partial charge in [-0.05, 0) is 30.7 Å². The molecular weight excluding hydrogens is 194 g/mol. The standard InChI is InChI=1S/C11H25NOS/c1-10(2)8-14(13)7-5-6-11(3,4)9-12/h10H,5-9,12H2,1-4H3. The first kappa shape index (κ1) is 14.1. The number of hydrogen-bond donors (Lipinski definition) is 1. The Morgan fingerprint density at radius 2 is 1.93 bits per heavy atom. The average Bonchev–Trinajstić information content (AvgIpc) is 2.02. The summed E-state index contributed by atoms with van der Waals surface area (Å²) in [6.45, 7) is 9.27. The predicted octanol–water partition coefficient (Wildman–Crippen LogP) is 2.16. The molecule has 0 aromatic heterocycles. The molecule has 14 heavy (non-hydrogen) atoms. The summed E-state index contributed by atoms with van der Waals surface area (Å²) < 4.78 is 11.5. The van der Waals surface area contributed by atoms with E-state index in [0.717, 1.165) is 24.3 Å². The number of hydrogen-bond acceptors (Lipinski definition) is 2. The molecule has 1 unspecified atom stereocenters. The predicted molar refractivity (Wildman–Crippen MR) is 64.8 cm³/mol. The molecule has 0 fully saturated rings. The summed E-state index contributed by atoms with van der Waals surface area (Å²) in [5.74, 6) is 2.21. The van der Waals surface area contributed by atoms with Gasteiger partial charge in [-0.1, -0.05) is 27.7 Å². The highest BCUT2D eigenvalue weighted by Crippen LogP contribution is 2.20. The highest BCUT2D eigenvalue weighted by Gasteiger charge is 2.15. The molecule has 0 bridgehead atoms. The Kier molecular flexibility index (Phi) is 6.62. The summed E-state index contributed by atoms with van der Waals surface area (Å²) in [6, 6.07) is 0. The Balaban J connectivity index is 3.59. The van der Waals surface area contributed by atoms with Crippen LogP contribution in [0.1, 0.15) is 40.5 Å². The monoisotopic (exact) mass is 219 g/mol. The lowest BCUT2D eigenvalue weighted by Crippen LogP contribution is -2.24. The number of rotatable bonds is 7. The quantitative estimate of drug-likeness (QED) is 0.713. The minimum absolute atomic E-state index is 0.210. The van der Waals surface area contributed by atoms with Gasteiger partial charge in [0.2, 0.25) is 0 Å². The van der Waals surface area contributed by atoms with E-state index >= 15 is 0 Å². The normalized spacial score (nSPS) is 14.7. The molecule has 0 radical (unpaired) electrons. The lowest BCUT2D eigenvalue weighted by molar-refractivity contribution is 0.344. The molecule has 1 atom stereocenters. The van der Waals surface area contributed by atoms with Crippen LogP contribution in [0.3, 0.4) is 0 Å². The third-order valence-electron chi connectivity index (χ3n) is 2.30. The van der Waals surface area contributed by atoms with Crippen molar-refractivity contribution in [1.29, 1.82) is 0 Å². The maximum atomic E-state index is 11.5. The Morgan fingerprint density at radius 1 is 1.36 bits per heavy atom. The second-order valence-electron chi connectivity index (χ2n) is 5.18. The molecule has 0 aromatic rings. The Morgan fingerprint density at radius 3 is 2.36 bits per heavy atom. The lowest BCUT2D eigenvalue weighted by Gasteiger charge is -2.21. The van der Waals surface area contributed by atoms with Crippen LogP contribution >= 0.6 is 0 Å². The molecule has 0 aliphatic heterocycles. The average molecular weight is 219 g/mol. The molecule has 0 rings (SSSR count). The van der Waals surface area contributed by atoms with E-state index < -0.39 is 10.8 Å². The van der Waals surface area contributed by atoms with Crippen molar-refractivity contribution in [3.8, 4) is 0 Å². The zero-order chi connectivity index (χ0) is 11.2. The van der Waals surface area contributed by atoms with Crippen molar-refractivity contribution in [1.82, 2.24) is 0 Å². The second-order valence-corrected chi connectivity index (χ2v) is 6.80. The molecule has 86 valence electrons. The van der Waals surface area contributed by atoms with Gasteiger partial charge in [0, 0.05) is 22.3 Å². The molecule has 2 nitrogen and oxygen atoms in total. The van der Waals surface area contributed by atoms with Gasteiger partial charge in [0.1, 0.15) is 0 Å². The second kappa shape index (κ2) is 6.57. The third kappa shape index (κ3) is 7.51. The summed E-state index contributed by atoms with van der Waals surface area (Å²) in [7, 11) is -0.628. The zero-order valence-electron chi connectivity index (χ0n) is 10.0. The molecule has 0 aromatic carbocycles. The van der Waals surface area contributed by atoms with Crippen LogP contribution in [0.25, 0.3) is 0 Å². The van der Waals surface area contributed by atoms with Crippen LogP contribution in [0, 0.1) is 11.3 Å². The molecule has 0 saturated carbocycles. The summed E-state index contributed by atoms with van der Waals surface area (Å²) >= 11 is 0. The van der Waals surface area contributed by atoms with E-state index in [4.69, 9.17) is 5.73 Å². The minimum atomic E-state index is -0.628. The maximum Gasteiger partial charge on any atom is 0.0257 e. The molecule has 0 aliphatic carbocycles. The van der Waals surface area contributed by atoms with Crippen LogP contribution in [0.2, 0.25) is 0 Å². The smallest absolute Gasteiger partial charge is 0.0257 e. The maximum absolute atomic E-state index is 11.5. The summed E-state index contributed by atoms with van der Waals surface area (Å²) in [6.07, 6.45) is 2.11. The SMILES string of the molecule is CC(C)CS(=O)CCCC(C)(C)CN. The molecule has 2 N–H and O–H groups in total. The van der Waals surface area contributed by atoms with E-state index in [1.165, 1.54) is 0 Å². The summed E-state index contributed by atoms with van der Waals surface area (Å²) in [4.78, 5) is 0. The molecule has 0 spiro atoms. The summed E-state index contributed by atoms with van der Waals surface area (Å²) in [5, 5.41) is 0. The number of nitrogens with two attached hydrogens (primary N) is 1. The van der Waals surface area contributed by atoms with Crippen LogP contribution in [-0.4, -0.2) is 22.3 Å². The summed E-state index contributed by atoms with van der Waals surface area (Å²) in [5.41, 5.74) is 5.84. The van der Waals surface area contributed by atoms with Gasteiger partial charge in [0.25, 0.3) is 0 Å². The Hall–Kier alpha value is 0.110. The van der Waals surface area contributed by atoms with Crippen LogP contribution in [-0.2, 0) is 10.8 Å². The molecular formula is C11H25NOS. The van der Waals surface area contributed by atoms with Crippen molar-refractivity contribution >= 4 is 10.8 Å². The lowest BCUT2D eigenvalue weighted by atomic mass is 9.88. The van der Waals surface area contributed by atoms with E-state index in [-0.39, 0.29) is 5.41 Å². The van der Waals surface area contributed by atoms with E-state index in [9.17, 15) is 4.21 Å². The van der Waals surface area contributed by atoms with Gasteiger partial charge in [-0.25, -0.2) is 0 Å². The minimum Gasteiger partial charge on any atom is -0.330 e. The van der Waals surface area contributed by atoms with Crippen LogP contribution in [0.5, 0.6) is 0 Å². The molecule has 0 heterocycles. The van der Waals surface area contributed by atoms with Gasteiger partial charge in [0.15, 0.2) is 0 Å². The van der Waals surface area contributed by atoms with Gasteiger partial charge in [0.05, 0.1) is 0 Å². The van der Waals surface area contributed by atoms with Crippen molar-refractivity contribution in [3.63, 3.8) is 0 Å².